The maximum atomic E-state index is 13.1. The molecule has 3 aromatic carbocycles. The number of carbonyl (C=O) groups excluding carboxylic acids is 2. The molecule has 0 radical (unpaired) electrons. The molecule has 1 aliphatic rings. The van der Waals surface area contributed by atoms with E-state index in [-0.39, 0.29) is 17.3 Å². The fraction of sp³-hybridized carbons (Fsp3) is 0.0357. The van der Waals surface area contributed by atoms with E-state index in [4.69, 9.17) is 32.7 Å². The number of benzene rings is 3. The van der Waals surface area contributed by atoms with Gasteiger partial charge in [0.15, 0.2) is 5.70 Å². The van der Waals surface area contributed by atoms with Crippen LogP contribution in [0.1, 0.15) is 25.7 Å². The van der Waals surface area contributed by atoms with Gasteiger partial charge in [-0.25, -0.2) is 14.6 Å². The second-order valence-electron chi connectivity index (χ2n) is 8.54. The predicted molar refractivity (Wildman–Crippen MR) is 166 cm³/mol. The van der Waals surface area contributed by atoms with Gasteiger partial charge in [-0.2, -0.15) is 0 Å². The minimum atomic E-state index is -0.639. The average molecular weight is 722 g/mol. The normalized spacial score (nSPS) is 14.3. The Bertz CT molecular complexity index is 1930. The number of carbonyl (C=O) groups is 2. The molecular formula is C28H13Br2Cl2NO4S2. The number of aliphatic imine (C=N–C) groups is 1. The molecule has 0 amide bonds. The van der Waals surface area contributed by atoms with Crippen LogP contribution in [0.25, 0.3) is 26.2 Å². The SMILES string of the molecule is Cc1ccc2c(Cl)c(C(=O)Oc3ccc(Br)cc3/C=C3/N=C(c4sc5cc(Br)ccc5c4Cl)OC3=O)sc2c1. The van der Waals surface area contributed by atoms with Gasteiger partial charge >= 0.3 is 11.9 Å². The first-order chi connectivity index (χ1) is 18.7. The van der Waals surface area contributed by atoms with E-state index in [1.54, 1.807) is 18.2 Å². The van der Waals surface area contributed by atoms with Gasteiger partial charge in [0.2, 0.25) is 5.90 Å². The minimum absolute atomic E-state index is 0.0467. The van der Waals surface area contributed by atoms with E-state index in [9.17, 15) is 9.59 Å². The molecule has 3 heterocycles. The Hall–Kier alpha value is -2.53. The van der Waals surface area contributed by atoms with Crippen LogP contribution in [0.2, 0.25) is 10.0 Å². The van der Waals surface area contributed by atoms with Crippen molar-refractivity contribution in [2.75, 3.05) is 0 Å². The first-order valence-electron chi connectivity index (χ1n) is 11.3. The highest BCUT2D eigenvalue weighted by atomic mass is 79.9. The molecular weight excluding hydrogens is 709 g/mol. The van der Waals surface area contributed by atoms with Gasteiger partial charge in [0.1, 0.15) is 15.5 Å². The summed E-state index contributed by atoms with van der Waals surface area (Å²) < 4.78 is 14.7. The van der Waals surface area contributed by atoms with Crippen molar-refractivity contribution in [1.29, 1.82) is 0 Å². The van der Waals surface area contributed by atoms with E-state index in [1.165, 1.54) is 28.7 Å². The number of hydrogen-bond donors (Lipinski definition) is 0. The standard InChI is InChI=1S/C28H13Br2Cl2NO4S2/c1-12-2-5-16-20(8-12)39-25(23(16)32)28(35)36-19-7-4-14(29)9-13(19)10-18-27(34)37-26(33-18)24-22(31)17-6-3-15(30)11-21(17)38-24/h2-11H,1H3/b18-10+. The first-order valence-corrected chi connectivity index (χ1v) is 15.3. The molecule has 0 aliphatic carbocycles. The number of fused-ring (bicyclic) bond motifs is 2. The summed E-state index contributed by atoms with van der Waals surface area (Å²) in [6, 6.07) is 16.6. The molecule has 0 atom stereocenters. The van der Waals surface area contributed by atoms with Crippen LogP contribution in [0.4, 0.5) is 0 Å². The molecule has 5 aromatic rings. The van der Waals surface area contributed by atoms with Crippen molar-refractivity contribution < 1.29 is 19.1 Å². The Morgan fingerprint density at radius 3 is 2.46 bits per heavy atom. The van der Waals surface area contributed by atoms with Crippen molar-refractivity contribution in [3.63, 3.8) is 0 Å². The molecule has 0 spiro atoms. The largest absolute Gasteiger partial charge is 0.422 e. The summed E-state index contributed by atoms with van der Waals surface area (Å²) in [6.45, 7) is 1.97. The van der Waals surface area contributed by atoms with Crippen LogP contribution in [-0.4, -0.2) is 17.8 Å². The summed E-state index contributed by atoms with van der Waals surface area (Å²) in [7, 11) is 0. The number of nitrogens with zero attached hydrogens (tertiary/aromatic N) is 1. The van der Waals surface area contributed by atoms with Crippen LogP contribution in [0.3, 0.4) is 0 Å². The van der Waals surface area contributed by atoms with E-state index in [1.807, 2.05) is 43.3 Å². The first kappa shape index (κ1) is 26.7. The lowest BCUT2D eigenvalue weighted by molar-refractivity contribution is -0.129. The molecule has 0 N–H and O–H groups in total. The maximum absolute atomic E-state index is 13.1. The van der Waals surface area contributed by atoms with Crippen LogP contribution >= 0.6 is 77.7 Å². The fourth-order valence-corrected chi connectivity index (χ4v) is 7.86. The molecule has 1 aliphatic heterocycles. The van der Waals surface area contributed by atoms with Gasteiger partial charge in [0, 0.05) is 34.7 Å². The molecule has 11 heteroatoms. The fourth-order valence-electron chi connectivity index (χ4n) is 4.01. The lowest BCUT2D eigenvalue weighted by atomic mass is 10.1. The number of thiophene rings is 2. The smallest absolute Gasteiger partial charge is 0.363 e. The number of cyclic esters (lactones) is 1. The van der Waals surface area contributed by atoms with E-state index in [0.29, 0.717) is 25.4 Å². The van der Waals surface area contributed by atoms with Crippen molar-refractivity contribution in [1.82, 2.24) is 0 Å². The lowest BCUT2D eigenvalue weighted by Gasteiger charge is -2.08. The Labute approximate surface area is 256 Å². The number of aryl methyl sites for hydroxylation is 1. The van der Waals surface area contributed by atoms with Gasteiger partial charge in [-0.1, -0.05) is 73.3 Å². The lowest BCUT2D eigenvalue weighted by Crippen LogP contribution is -2.08. The molecule has 0 saturated heterocycles. The third kappa shape index (κ3) is 5.08. The molecule has 6 rings (SSSR count). The zero-order valence-corrected chi connectivity index (χ0v) is 26.0. The zero-order valence-electron chi connectivity index (χ0n) is 19.7. The highest BCUT2D eigenvalue weighted by Gasteiger charge is 2.29. The van der Waals surface area contributed by atoms with Crippen LogP contribution in [0, 0.1) is 6.92 Å². The van der Waals surface area contributed by atoms with Gasteiger partial charge in [-0.05, 0) is 55.0 Å². The van der Waals surface area contributed by atoms with E-state index < -0.39 is 11.9 Å². The summed E-state index contributed by atoms with van der Waals surface area (Å²) in [4.78, 5) is 31.2. The van der Waals surface area contributed by atoms with Crippen LogP contribution < -0.4 is 4.74 Å². The number of rotatable bonds is 4. The van der Waals surface area contributed by atoms with Crippen molar-refractivity contribution >= 4 is 122 Å². The summed E-state index contributed by atoms with van der Waals surface area (Å²) in [5.74, 6) is -0.877. The van der Waals surface area contributed by atoms with Crippen molar-refractivity contribution in [3.8, 4) is 5.75 Å². The number of esters is 2. The maximum Gasteiger partial charge on any atom is 0.363 e. The minimum Gasteiger partial charge on any atom is -0.422 e. The van der Waals surface area contributed by atoms with Crippen LogP contribution in [-0.2, 0) is 9.53 Å². The second kappa shape index (κ2) is 10.5. The Kier molecular flexibility index (Phi) is 7.16. The number of ether oxygens (including phenoxy) is 2. The summed E-state index contributed by atoms with van der Waals surface area (Å²) in [5, 5.41) is 2.44. The average Bonchev–Trinajstić information content (AvgIpc) is 3.53. The number of hydrogen-bond acceptors (Lipinski definition) is 7. The highest BCUT2D eigenvalue weighted by Crippen LogP contribution is 2.40. The summed E-state index contributed by atoms with van der Waals surface area (Å²) in [6.07, 6.45) is 1.51. The molecule has 0 fully saturated rings. The molecule has 0 unspecified atom stereocenters. The third-order valence-corrected chi connectivity index (χ3v) is 10.1. The van der Waals surface area contributed by atoms with Crippen molar-refractivity contribution in [3.05, 3.63) is 100 Å². The predicted octanol–water partition coefficient (Wildman–Crippen LogP) is 9.82. The molecule has 5 nitrogen and oxygen atoms in total. The summed E-state index contributed by atoms with van der Waals surface area (Å²) in [5.41, 5.74) is 1.56. The summed E-state index contributed by atoms with van der Waals surface area (Å²) >= 11 is 22.6. The van der Waals surface area contributed by atoms with Gasteiger partial charge in [-0.3, -0.25) is 0 Å². The number of halogens is 4. The van der Waals surface area contributed by atoms with E-state index in [2.05, 4.69) is 36.9 Å². The van der Waals surface area contributed by atoms with Gasteiger partial charge < -0.3 is 9.47 Å². The molecule has 2 aromatic heterocycles. The second-order valence-corrected chi connectivity index (χ2v) is 13.2. The third-order valence-electron chi connectivity index (χ3n) is 5.84. The van der Waals surface area contributed by atoms with Crippen molar-refractivity contribution in [2.24, 2.45) is 4.99 Å². The molecule has 0 saturated carbocycles. The van der Waals surface area contributed by atoms with Gasteiger partial charge in [-0.15, -0.1) is 22.7 Å². The van der Waals surface area contributed by atoms with Crippen molar-refractivity contribution in [2.45, 2.75) is 6.92 Å². The zero-order chi connectivity index (χ0) is 27.4. The Balaban J connectivity index is 1.35. The molecule has 39 heavy (non-hydrogen) atoms. The Morgan fingerprint density at radius 1 is 0.949 bits per heavy atom. The topological polar surface area (TPSA) is 65.0 Å². The quantitative estimate of drug-likeness (QED) is 0.105. The monoisotopic (exact) mass is 719 g/mol. The highest BCUT2D eigenvalue weighted by molar-refractivity contribution is 9.10. The molecule has 194 valence electrons. The Morgan fingerprint density at radius 2 is 1.64 bits per heavy atom. The van der Waals surface area contributed by atoms with Crippen LogP contribution in [0.15, 0.2) is 74.2 Å². The molecule has 0 bridgehead atoms. The van der Waals surface area contributed by atoms with Gasteiger partial charge in [0.05, 0.1) is 10.0 Å². The van der Waals surface area contributed by atoms with Gasteiger partial charge in [0.25, 0.3) is 0 Å². The van der Waals surface area contributed by atoms with E-state index in [0.717, 1.165) is 34.7 Å². The van der Waals surface area contributed by atoms with E-state index >= 15 is 0 Å². The van der Waals surface area contributed by atoms with Crippen LogP contribution in [0.5, 0.6) is 5.75 Å².